The first-order chi connectivity index (χ1) is 5.75. The van der Waals surface area contributed by atoms with E-state index in [2.05, 4.69) is 0 Å². The van der Waals surface area contributed by atoms with Gasteiger partial charge in [0, 0.05) is 11.9 Å². The highest BCUT2D eigenvalue weighted by atomic mass is 16.4. The van der Waals surface area contributed by atoms with Crippen LogP contribution in [0.25, 0.3) is 0 Å². The van der Waals surface area contributed by atoms with Gasteiger partial charge in [-0.1, -0.05) is 26.2 Å². The predicted molar refractivity (Wildman–Crippen MR) is 36.4 cm³/mol. The van der Waals surface area contributed by atoms with Gasteiger partial charge >= 0.3 is 5.97 Å². The maximum Gasteiger partial charge on any atom is 0.303 e. The first-order valence-electron chi connectivity index (χ1n) is 4.99. The molecule has 0 aromatic carbocycles. The predicted octanol–water partition coefficient (Wildman–Crippen LogP) is 2.04. The average molecular weight is 134 g/mol. The fourth-order valence-corrected chi connectivity index (χ4v) is 0.403. The molecular formula is C7H14O2. The summed E-state index contributed by atoms with van der Waals surface area (Å²) in [5.41, 5.74) is 0. The van der Waals surface area contributed by atoms with Crippen LogP contribution in [0.15, 0.2) is 0 Å². The Kier molecular flexibility index (Phi) is 2.24. The first kappa shape index (κ1) is 3.59. The van der Waals surface area contributed by atoms with Crippen molar-refractivity contribution >= 4 is 5.97 Å². The number of aliphatic carboxylic acids is 1. The molecule has 0 spiro atoms. The summed E-state index contributed by atoms with van der Waals surface area (Å²) in [5.74, 6) is -1.74. The van der Waals surface area contributed by atoms with Crippen LogP contribution in [0.5, 0.6) is 0 Å². The van der Waals surface area contributed by atoms with E-state index in [1.165, 1.54) is 0 Å². The maximum absolute atomic E-state index is 10.4. The quantitative estimate of drug-likeness (QED) is 0.624. The lowest BCUT2D eigenvalue weighted by Crippen LogP contribution is -1.92. The summed E-state index contributed by atoms with van der Waals surface area (Å²) in [6.45, 7) is 1.84. The van der Waals surface area contributed by atoms with Crippen molar-refractivity contribution in [1.82, 2.24) is 0 Å². The zero-order chi connectivity index (χ0) is 10.7. The Morgan fingerprint density at radius 1 is 1.67 bits per heavy atom. The Bertz CT molecular complexity index is 191. The molecule has 0 heterocycles. The van der Waals surface area contributed by atoms with Crippen LogP contribution in [0.2, 0.25) is 0 Å². The van der Waals surface area contributed by atoms with Crippen molar-refractivity contribution in [2.24, 2.45) is 0 Å². The fourth-order valence-electron chi connectivity index (χ4n) is 0.403. The number of unbranched alkanes of at least 4 members (excludes halogenated alkanes) is 1. The molecule has 1 N–H and O–H groups in total. The van der Waals surface area contributed by atoms with Gasteiger partial charge in [0.1, 0.15) is 0 Å². The second-order valence-corrected chi connectivity index (χ2v) is 1.71. The molecule has 0 amide bonds. The molecule has 0 saturated heterocycles. The average Bonchev–Trinajstić information content (AvgIpc) is 2.00. The van der Waals surface area contributed by atoms with Crippen molar-refractivity contribution in [3.05, 3.63) is 0 Å². The molecule has 2 nitrogen and oxygen atoms in total. The van der Waals surface area contributed by atoms with Crippen molar-refractivity contribution < 1.29 is 15.4 Å². The number of carbonyl (C=O) groups is 1. The Hall–Kier alpha value is -0.530. The maximum atomic E-state index is 10.4. The van der Waals surface area contributed by atoms with Crippen LogP contribution in [0.4, 0.5) is 0 Å². The SMILES string of the molecule is [2H]C([2H])(CCCC)C([2H])([2H])C(=O)O. The van der Waals surface area contributed by atoms with Gasteiger partial charge in [-0.25, -0.2) is 0 Å². The Morgan fingerprint density at radius 2 is 2.33 bits per heavy atom. The van der Waals surface area contributed by atoms with Gasteiger partial charge in [0.25, 0.3) is 0 Å². The van der Waals surface area contributed by atoms with E-state index < -0.39 is 18.7 Å². The third-order valence-electron chi connectivity index (χ3n) is 0.851. The van der Waals surface area contributed by atoms with Crippen LogP contribution in [-0.4, -0.2) is 11.1 Å². The summed E-state index contributed by atoms with van der Waals surface area (Å²) in [7, 11) is 0. The normalized spacial score (nSPS) is 19.2. The highest BCUT2D eigenvalue weighted by Gasteiger charge is 1.93. The van der Waals surface area contributed by atoms with Crippen molar-refractivity contribution in [2.45, 2.75) is 38.9 Å². The molecule has 0 rings (SSSR count). The molecule has 0 aliphatic rings. The van der Waals surface area contributed by atoms with Crippen molar-refractivity contribution in [3.8, 4) is 0 Å². The largest absolute Gasteiger partial charge is 0.481 e. The number of hydrogen-bond acceptors (Lipinski definition) is 1. The summed E-state index contributed by atoms with van der Waals surface area (Å²) in [6.07, 6.45) is -3.96. The molecule has 0 aliphatic heterocycles. The molecule has 0 aromatic heterocycles. The second kappa shape index (κ2) is 5.60. The van der Waals surface area contributed by atoms with E-state index in [1.54, 1.807) is 0 Å². The van der Waals surface area contributed by atoms with Crippen molar-refractivity contribution in [1.29, 1.82) is 0 Å². The first-order valence-corrected chi connectivity index (χ1v) is 2.99. The van der Waals surface area contributed by atoms with Crippen LogP contribution in [0.3, 0.4) is 0 Å². The smallest absolute Gasteiger partial charge is 0.303 e. The van der Waals surface area contributed by atoms with Crippen molar-refractivity contribution in [2.75, 3.05) is 0 Å². The number of carboxylic acids is 1. The zero-order valence-corrected chi connectivity index (χ0v) is 5.48. The topological polar surface area (TPSA) is 37.3 Å². The molecule has 0 radical (unpaired) electrons. The van der Waals surface area contributed by atoms with E-state index in [0.717, 1.165) is 6.42 Å². The molecule has 2 heteroatoms. The molecule has 0 unspecified atom stereocenters. The fraction of sp³-hybridized carbons (Fsp3) is 0.857. The highest BCUT2D eigenvalue weighted by molar-refractivity contribution is 5.66. The van der Waals surface area contributed by atoms with Gasteiger partial charge < -0.3 is 5.11 Å². The third kappa shape index (κ3) is 7.47. The molecule has 9 heavy (non-hydrogen) atoms. The lowest BCUT2D eigenvalue weighted by molar-refractivity contribution is -0.137. The van der Waals surface area contributed by atoms with Gasteiger partial charge in [0.15, 0.2) is 0 Å². The minimum Gasteiger partial charge on any atom is -0.481 e. The van der Waals surface area contributed by atoms with E-state index in [1.807, 2.05) is 6.92 Å². The molecule has 54 valence electrons. The highest BCUT2D eigenvalue weighted by Crippen LogP contribution is 2.01. The summed E-state index contributed by atoms with van der Waals surface area (Å²) in [5, 5.41) is 8.46. The van der Waals surface area contributed by atoms with E-state index in [4.69, 9.17) is 10.6 Å². The molecule has 0 atom stereocenters. The van der Waals surface area contributed by atoms with Gasteiger partial charge in [-0.05, 0) is 6.37 Å². The monoisotopic (exact) mass is 134 g/mol. The molecule has 0 saturated carbocycles. The minimum atomic E-state index is -2.80. The van der Waals surface area contributed by atoms with Crippen LogP contribution >= 0.6 is 0 Å². The molecular weight excluding hydrogens is 116 g/mol. The van der Waals surface area contributed by atoms with E-state index >= 15 is 0 Å². The lowest BCUT2D eigenvalue weighted by Gasteiger charge is -1.92. The third-order valence-corrected chi connectivity index (χ3v) is 0.851. The van der Waals surface area contributed by atoms with Crippen molar-refractivity contribution in [3.63, 3.8) is 0 Å². The van der Waals surface area contributed by atoms with Crippen LogP contribution < -0.4 is 0 Å². The van der Waals surface area contributed by atoms with E-state index in [9.17, 15) is 4.79 Å². The minimum absolute atomic E-state index is 0.0667. The number of carboxylic acid groups (broad SMARTS) is 1. The number of hydrogen-bond donors (Lipinski definition) is 1. The summed E-state index contributed by atoms with van der Waals surface area (Å²) < 4.78 is 28.7. The molecule has 0 fully saturated rings. The van der Waals surface area contributed by atoms with Gasteiger partial charge in [-0.3, -0.25) is 4.79 Å². The standard InChI is InChI=1S/C7H14O2/c1-2-3-4-5-6-7(8)9/h2-6H2,1H3,(H,8,9)/i5D2,6D2. The number of rotatable bonds is 5. The summed E-state index contributed by atoms with van der Waals surface area (Å²) >= 11 is 0. The van der Waals surface area contributed by atoms with Crippen LogP contribution in [-0.2, 0) is 4.79 Å². The van der Waals surface area contributed by atoms with Gasteiger partial charge in [-0.15, -0.1) is 0 Å². The van der Waals surface area contributed by atoms with Crippen LogP contribution in [0, 0.1) is 0 Å². The molecule has 0 aliphatic carbocycles. The van der Waals surface area contributed by atoms with Gasteiger partial charge in [0.2, 0.25) is 0 Å². The Labute approximate surface area is 61.5 Å². The second-order valence-electron chi connectivity index (χ2n) is 1.71. The molecule has 0 aromatic rings. The summed E-state index contributed by atoms with van der Waals surface area (Å²) in [6, 6.07) is 0. The Balaban J connectivity index is 4.50. The van der Waals surface area contributed by atoms with E-state index in [0.29, 0.717) is 6.42 Å². The van der Waals surface area contributed by atoms with Crippen LogP contribution in [0.1, 0.15) is 44.4 Å². The Morgan fingerprint density at radius 3 is 2.78 bits per heavy atom. The zero-order valence-electron chi connectivity index (χ0n) is 9.48. The van der Waals surface area contributed by atoms with E-state index in [-0.39, 0.29) is 6.42 Å². The lowest BCUT2D eigenvalue weighted by atomic mass is 10.2. The van der Waals surface area contributed by atoms with Gasteiger partial charge in [0.05, 0.1) is 0 Å². The summed E-state index contributed by atoms with van der Waals surface area (Å²) in [4.78, 5) is 10.4. The van der Waals surface area contributed by atoms with Gasteiger partial charge in [-0.2, -0.15) is 0 Å². The molecule has 0 bridgehead atoms.